The third-order valence-corrected chi connectivity index (χ3v) is 5.45. The van der Waals surface area contributed by atoms with Crippen LogP contribution in [0.2, 0.25) is 5.02 Å². The first-order chi connectivity index (χ1) is 16.8. The van der Waals surface area contributed by atoms with Crippen LogP contribution < -0.4 is 30.4 Å². The first-order valence-electron chi connectivity index (χ1n) is 10.1. The molecule has 0 unspecified atom stereocenters. The molecule has 184 valence electrons. The largest absolute Gasteiger partial charge is 0.496 e. The second kappa shape index (κ2) is 9.76. The van der Waals surface area contributed by atoms with E-state index in [0.717, 1.165) is 6.07 Å². The van der Waals surface area contributed by atoms with Crippen molar-refractivity contribution in [2.75, 3.05) is 21.3 Å². The Hall–Kier alpha value is -3.90. The fraction of sp³-hybridized carbons (Fsp3) is 0.227. The lowest BCUT2D eigenvalue weighted by atomic mass is 10.2. The van der Waals surface area contributed by atoms with Gasteiger partial charge in [0, 0.05) is 12.1 Å². The predicted molar refractivity (Wildman–Crippen MR) is 123 cm³/mol. The molecule has 0 saturated heterocycles. The molecular weight excluding hydrogens is 488 g/mol. The lowest BCUT2D eigenvalue weighted by molar-refractivity contribution is 0.270. The highest BCUT2D eigenvalue weighted by Gasteiger charge is 2.22. The van der Waals surface area contributed by atoms with Crippen LogP contribution in [0.1, 0.15) is 11.4 Å². The number of benzene rings is 2. The van der Waals surface area contributed by atoms with E-state index in [0.29, 0.717) is 0 Å². The van der Waals surface area contributed by atoms with Gasteiger partial charge in [0.1, 0.15) is 23.7 Å². The maximum absolute atomic E-state index is 14.4. The molecule has 10 nitrogen and oxygen atoms in total. The highest BCUT2D eigenvalue weighted by atomic mass is 35.5. The molecule has 0 atom stereocenters. The van der Waals surface area contributed by atoms with Crippen molar-refractivity contribution in [1.82, 2.24) is 19.5 Å². The average molecular weight is 508 g/mol. The summed E-state index contributed by atoms with van der Waals surface area (Å²) in [5.41, 5.74) is 5.53. The molecule has 0 aliphatic heterocycles. The number of H-pyrrole nitrogens is 1. The summed E-state index contributed by atoms with van der Waals surface area (Å²) in [6.07, 6.45) is 0. The van der Waals surface area contributed by atoms with Crippen molar-refractivity contribution in [1.29, 1.82) is 0 Å². The van der Waals surface area contributed by atoms with E-state index in [1.165, 1.54) is 44.1 Å². The lowest BCUT2D eigenvalue weighted by Crippen LogP contribution is -2.16. The Morgan fingerprint density at radius 1 is 1.06 bits per heavy atom. The number of imidazole rings is 1. The number of rotatable bonds is 8. The molecule has 2 aromatic carbocycles. The quantitative estimate of drug-likeness (QED) is 0.372. The van der Waals surface area contributed by atoms with Crippen molar-refractivity contribution < 1.29 is 27.7 Å². The molecule has 4 rings (SSSR count). The van der Waals surface area contributed by atoms with Crippen molar-refractivity contribution in [3.05, 3.63) is 62.8 Å². The van der Waals surface area contributed by atoms with Crippen LogP contribution in [0.4, 0.5) is 8.78 Å². The zero-order valence-corrected chi connectivity index (χ0v) is 19.6. The minimum absolute atomic E-state index is 0.00257. The standard InChI is InChI=1S/C22H20ClF2N5O5/c1-32-14-5-4-12(24)18(25)10(14)9-35-16-7-13(11(23)6-15(16)33-2)30-20-19(29-22(30)31)21(34-3)28-17(8-26)27-20/h4-7H,8-9,26H2,1-3H3,(H,29,31). The Morgan fingerprint density at radius 3 is 2.46 bits per heavy atom. The number of nitrogens with one attached hydrogen (secondary N) is 1. The maximum atomic E-state index is 14.4. The molecule has 13 heteroatoms. The maximum Gasteiger partial charge on any atom is 0.332 e. The van der Waals surface area contributed by atoms with Crippen LogP contribution in [0, 0.1) is 11.6 Å². The van der Waals surface area contributed by atoms with Gasteiger partial charge in [0.05, 0.1) is 44.1 Å². The van der Waals surface area contributed by atoms with E-state index in [4.69, 9.17) is 36.3 Å². The number of halogens is 3. The smallest absolute Gasteiger partial charge is 0.332 e. The highest BCUT2D eigenvalue weighted by molar-refractivity contribution is 6.32. The second-order valence-corrected chi connectivity index (χ2v) is 7.51. The monoisotopic (exact) mass is 507 g/mol. The topological polar surface area (TPSA) is 127 Å². The van der Waals surface area contributed by atoms with Crippen LogP contribution in [-0.2, 0) is 13.2 Å². The summed E-state index contributed by atoms with van der Waals surface area (Å²) in [7, 11) is 4.10. The number of hydrogen-bond acceptors (Lipinski definition) is 8. The number of fused-ring (bicyclic) bond motifs is 1. The lowest BCUT2D eigenvalue weighted by Gasteiger charge is -2.16. The molecule has 0 aliphatic carbocycles. The molecule has 0 radical (unpaired) electrons. The van der Waals surface area contributed by atoms with Crippen LogP contribution in [0.3, 0.4) is 0 Å². The fourth-order valence-corrected chi connectivity index (χ4v) is 3.72. The van der Waals surface area contributed by atoms with Crippen molar-refractivity contribution in [3.63, 3.8) is 0 Å². The molecule has 0 bridgehead atoms. The Labute approximate surface area is 202 Å². The summed E-state index contributed by atoms with van der Waals surface area (Å²) in [5.74, 6) is -1.41. The number of aromatic amines is 1. The van der Waals surface area contributed by atoms with Crippen molar-refractivity contribution in [2.24, 2.45) is 5.73 Å². The molecule has 0 aliphatic rings. The Morgan fingerprint density at radius 2 is 1.80 bits per heavy atom. The Kier molecular flexibility index (Phi) is 6.76. The van der Waals surface area contributed by atoms with E-state index in [1.807, 2.05) is 0 Å². The van der Waals surface area contributed by atoms with E-state index >= 15 is 0 Å². The third-order valence-electron chi connectivity index (χ3n) is 5.14. The first-order valence-corrected chi connectivity index (χ1v) is 10.5. The summed E-state index contributed by atoms with van der Waals surface area (Å²) in [6, 6.07) is 5.07. The van der Waals surface area contributed by atoms with Gasteiger partial charge < -0.3 is 24.7 Å². The summed E-state index contributed by atoms with van der Waals surface area (Å²) < 4.78 is 50.8. The first kappa shape index (κ1) is 24.2. The van der Waals surface area contributed by atoms with E-state index in [1.54, 1.807) is 0 Å². The van der Waals surface area contributed by atoms with Gasteiger partial charge in [0.2, 0.25) is 5.88 Å². The molecule has 35 heavy (non-hydrogen) atoms. The third kappa shape index (κ3) is 4.33. The van der Waals surface area contributed by atoms with Gasteiger partial charge in [0.25, 0.3) is 0 Å². The minimum Gasteiger partial charge on any atom is -0.496 e. The molecule has 0 saturated carbocycles. The predicted octanol–water partition coefficient (Wildman–Crippen LogP) is 3.10. The fourth-order valence-electron chi connectivity index (χ4n) is 3.48. The molecule has 4 aromatic rings. The zero-order chi connectivity index (χ0) is 25.3. The molecule has 0 spiro atoms. The van der Waals surface area contributed by atoms with Gasteiger partial charge in [-0.15, -0.1) is 0 Å². The normalized spacial score (nSPS) is 11.1. The van der Waals surface area contributed by atoms with E-state index in [-0.39, 0.29) is 62.9 Å². The van der Waals surface area contributed by atoms with Gasteiger partial charge in [-0.1, -0.05) is 11.6 Å². The second-order valence-electron chi connectivity index (χ2n) is 7.10. The average Bonchev–Trinajstić information content (AvgIpc) is 3.19. The number of hydrogen-bond donors (Lipinski definition) is 2. The van der Waals surface area contributed by atoms with E-state index < -0.39 is 23.9 Å². The number of methoxy groups -OCH3 is 3. The van der Waals surface area contributed by atoms with Gasteiger partial charge in [-0.05, 0) is 12.1 Å². The summed E-state index contributed by atoms with van der Waals surface area (Å²) in [6.45, 7) is -0.405. The van der Waals surface area contributed by atoms with Gasteiger partial charge >= 0.3 is 5.69 Å². The zero-order valence-electron chi connectivity index (χ0n) is 18.8. The molecule has 2 aromatic heterocycles. The molecule has 2 heterocycles. The van der Waals surface area contributed by atoms with Gasteiger partial charge in [-0.3, -0.25) is 4.98 Å². The molecule has 0 fully saturated rings. The van der Waals surface area contributed by atoms with Crippen molar-refractivity contribution in [3.8, 4) is 28.8 Å². The van der Waals surface area contributed by atoms with Crippen LogP contribution in [0.25, 0.3) is 16.9 Å². The van der Waals surface area contributed by atoms with Crippen LogP contribution in [0.15, 0.2) is 29.1 Å². The number of nitrogens with two attached hydrogens (primary N) is 1. The van der Waals surface area contributed by atoms with Crippen LogP contribution in [-0.4, -0.2) is 40.8 Å². The number of aromatic nitrogens is 4. The minimum atomic E-state index is -1.11. The van der Waals surface area contributed by atoms with Crippen molar-refractivity contribution >= 4 is 22.8 Å². The number of nitrogens with zero attached hydrogens (tertiary/aromatic N) is 3. The summed E-state index contributed by atoms with van der Waals surface area (Å²) in [4.78, 5) is 24.0. The highest BCUT2D eigenvalue weighted by Crippen LogP contribution is 2.37. The molecule has 3 N–H and O–H groups in total. The van der Waals surface area contributed by atoms with Crippen molar-refractivity contribution in [2.45, 2.75) is 13.2 Å². The molecule has 0 amide bonds. The van der Waals surface area contributed by atoms with E-state index in [2.05, 4.69) is 15.0 Å². The van der Waals surface area contributed by atoms with Gasteiger partial charge in [0.15, 0.2) is 28.8 Å². The SMILES string of the molecule is COc1cc(Cl)c(-n2c(=O)[nH]c3c(OC)nc(CN)nc32)cc1OCc1c(OC)ccc(F)c1F. The summed E-state index contributed by atoms with van der Waals surface area (Å²) in [5, 5.41) is 0.124. The van der Waals surface area contributed by atoms with E-state index in [9.17, 15) is 13.6 Å². The Balaban J connectivity index is 1.84. The number of ether oxygens (including phenoxy) is 4. The van der Waals surface area contributed by atoms with Crippen LogP contribution >= 0.6 is 11.6 Å². The van der Waals surface area contributed by atoms with Gasteiger partial charge in [-0.25, -0.2) is 23.1 Å². The van der Waals surface area contributed by atoms with Crippen LogP contribution in [0.5, 0.6) is 23.1 Å². The van der Waals surface area contributed by atoms with Gasteiger partial charge in [-0.2, -0.15) is 4.98 Å². The molecular formula is C22H20ClF2N5O5. The Bertz CT molecular complexity index is 1470. The summed E-state index contributed by atoms with van der Waals surface area (Å²) >= 11 is 6.46.